The molecule has 102 valence electrons. The highest BCUT2D eigenvalue weighted by molar-refractivity contribution is 9.10. The Bertz CT molecular complexity index is 638. The van der Waals surface area contributed by atoms with E-state index in [2.05, 4.69) is 51.2 Å². The van der Waals surface area contributed by atoms with Gasteiger partial charge in [-0.05, 0) is 22.0 Å². The Kier molecular flexibility index (Phi) is 3.67. The lowest BCUT2D eigenvalue weighted by Crippen LogP contribution is -2.17. The zero-order chi connectivity index (χ0) is 14.2. The number of methoxy groups -OCH3 is 1. The molecule has 19 heavy (non-hydrogen) atoms. The lowest BCUT2D eigenvalue weighted by atomic mass is 9.89. The number of fused-ring (bicyclic) bond motifs is 1. The van der Waals surface area contributed by atoms with E-state index in [0.29, 0.717) is 0 Å². The minimum Gasteiger partial charge on any atom is -0.504 e. The van der Waals surface area contributed by atoms with E-state index in [1.54, 1.807) is 19.6 Å². The molecule has 0 aromatic carbocycles. The van der Waals surface area contributed by atoms with Gasteiger partial charge in [-0.25, -0.2) is 9.97 Å². The van der Waals surface area contributed by atoms with E-state index in [1.807, 2.05) is 13.1 Å². The largest absolute Gasteiger partial charge is 0.504 e. The average Bonchev–Trinajstić information content (AvgIpc) is 2.59. The predicted octanol–water partition coefficient (Wildman–Crippen LogP) is 3.65. The van der Waals surface area contributed by atoms with E-state index in [4.69, 9.17) is 4.74 Å². The second kappa shape index (κ2) is 4.96. The monoisotopic (exact) mass is 323 g/mol. The third-order valence-corrected chi connectivity index (χ3v) is 3.35. The first-order valence-electron chi connectivity index (χ1n) is 6.07. The summed E-state index contributed by atoms with van der Waals surface area (Å²) in [6, 6.07) is 0. The molecular weight excluding hydrogens is 306 g/mol. The van der Waals surface area contributed by atoms with E-state index in [0.717, 1.165) is 21.3 Å². The molecule has 0 saturated carbocycles. The van der Waals surface area contributed by atoms with Crippen LogP contribution in [0.25, 0.3) is 17.2 Å². The molecule has 0 spiro atoms. The molecule has 2 rings (SSSR count). The van der Waals surface area contributed by atoms with Crippen LogP contribution in [0.3, 0.4) is 0 Å². The van der Waals surface area contributed by atoms with E-state index >= 15 is 0 Å². The van der Waals surface area contributed by atoms with Crippen LogP contribution >= 0.6 is 15.9 Å². The van der Waals surface area contributed by atoms with Crippen molar-refractivity contribution < 1.29 is 4.74 Å². The second-order valence-electron chi connectivity index (χ2n) is 5.47. The van der Waals surface area contributed by atoms with Crippen molar-refractivity contribution in [2.75, 3.05) is 7.11 Å². The molecule has 0 N–H and O–H groups in total. The Balaban J connectivity index is 2.84. The maximum Gasteiger partial charge on any atom is 0.160 e. The van der Waals surface area contributed by atoms with Crippen LogP contribution in [0.4, 0.5) is 0 Å². The molecule has 4 nitrogen and oxygen atoms in total. The third kappa shape index (κ3) is 2.52. The zero-order valence-corrected chi connectivity index (χ0v) is 13.4. The van der Waals surface area contributed by atoms with Crippen LogP contribution in [0.5, 0.6) is 0 Å². The minimum absolute atomic E-state index is 0.00296. The van der Waals surface area contributed by atoms with Gasteiger partial charge in [0.1, 0.15) is 10.1 Å². The summed E-state index contributed by atoms with van der Waals surface area (Å²) in [7, 11) is 3.66. The van der Waals surface area contributed by atoms with Crippen LogP contribution in [0, 0.1) is 0 Å². The molecule has 0 saturated heterocycles. The Morgan fingerprint density at radius 2 is 2.05 bits per heavy atom. The third-order valence-electron chi connectivity index (χ3n) is 2.97. The standard InChI is InChI=1S/C14H18BrN3O/c1-14(2,3)12-9(6-7-19-5)11-13(18(12)4)17-10(15)8-16-11/h6-8H,1-5H3/b7-6-. The van der Waals surface area contributed by atoms with Crippen molar-refractivity contribution in [3.8, 4) is 0 Å². The first kappa shape index (κ1) is 14.1. The van der Waals surface area contributed by atoms with Gasteiger partial charge in [0, 0.05) is 23.7 Å². The fraction of sp³-hybridized carbons (Fsp3) is 0.429. The van der Waals surface area contributed by atoms with Gasteiger partial charge in [-0.3, -0.25) is 0 Å². The summed E-state index contributed by atoms with van der Waals surface area (Å²) in [4.78, 5) is 9.01. The summed E-state index contributed by atoms with van der Waals surface area (Å²) in [5.41, 5.74) is 4.01. The van der Waals surface area contributed by atoms with E-state index in [1.165, 1.54) is 5.69 Å². The van der Waals surface area contributed by atoms with Crippen LogP contribution in [0.2, 0.25) is 0 Å². The van der Waals surface area contributed by atoms with Gasteiger partial charge < -0.3 is 9.30 Å². The average molecular weight is 324 g/mol. The molecule has 0 fully saturated rings. The maximum atomic E-state index is 5.05. The first-order chi connectivity index (χ1) is 8.86. The van der Waals surface area contributed by atoms with E-state index < -0.39 is 0 Å². The van der Waals surface area contributed by atoms with Crippen molar-refractivity contribution in [1.29, 1.82) is 0 Å². The summed E-state index contributed by atoms with van der Waals surface area (Å²) in [5, 5.41) is 0. The van der Waals surface area contributed by atoms with Gasteiger partial charge >= 0.3 is 0 Å². The van der Waals surface area contributed by atoms with Gasteiger partial charge in [0.05, 0.1) is 19.6 Å². The van der Waals surface area contributed by atoms with Crippen LogP contribution in [-0.2, 0) is 17.2 Å². The highest BCUT2D eigenvalue weighted by Crippen LogP contribution is 2.33. The Hall–Kier alpha value is -1.36. The molecule has 2 heterocycles. The molecule has 0 aliphatic heterocycles. The number of nitrogens with zero attached hydrogens (tertiary/aromatic N) is 3. The zero-order valence-electron chi connectivity index (χ0n) is 11.9. The van der Waals surface area contributed by atoms with Crippen molar-refractivity contribution >= 4 is 33.2 Å². The van der Waals surface area contributed by atoms with Crippen molar-refractivity contribution in [1.82, 2.24) is 14.5 Å². The second-order valence-corrected chi connectivity index (χ2v) is 6.29. The van der Waals surface area contributed by atoms with Crippen molar-refractivity contribution in [2.45, 2.75) is 26.2 Å². The smallest absolute Gasteiger partial charge is 0.160 e. The summed E-state index contributed by atoms with van der Waals surface area (Å²) in [6.45, 7) is 6.54. The molecule has 0 bridgehead atoms. The van der Waals surface area contributed by atoms with Gasteiger partial charge in [0.15, 0.2) is 5.65 Å². The van der Waals surface area contributed by atoms with Crippen molar-refractivity contribution in [3.05, 3.63) is 28.3 Å². The lowest BCUT2D eigenvalue weighted by Gasteiger charge is -2.21. The van der Waals surface area contributed by atoms with Crippen LogP contribution in [-0.4, -0.2) is 21.6 Å². The molecule has 0 atom stereocenters. The molecule has 2 aromatic rings. The predicted molar refractivity (Wildman–Crippen MR) is 81.0 cm³/mol. The molecule has 0 aliphatic carbocycles. The molecule has 0 amide bonds. The Morgan fingerprint density at radius 3 is 2.63 bits per heavy atom. The molecule has 0 aliphatic rings. The lowest BCUT2D eigenvalue weighted by molar-refractivity contribution is 0.341. The molecule has 5 heteroatoms. The van der Waals surface area contributed by atoms with Crippen LogP contribution in [0.1, 0.15) is 32.0 Å². The molecular formula is C14H18BrN3O. The quantitative estimate of drug-likeness (QED) is 0.792. The number of rotatable bonds is 2. The van der Waals surface area contributed by atoms with Gasteiger partial charge in [0.2, 0.25) is 0 Å². The van der Waals surface area contributed by atoms with Gasteiger partial charge in [0.25, 0.3) is 0 Å². The first-order valence-corrected chi connectivity index (χ1v) is 6.86. The normalized spacial score (nSPS) is 12.5. The highest BCUT2D eigenvalue weighted by Gasteiger charge is 2.25. The molecule has 0 unspecified atom stereocenters. The number of hydrogen-bond acceptors (Lipinski definition) is 3. The Labute approximate surface area is 121 Å². The number of halogens is 1. The van der Waals surface area contributed by atoms with Crippen molar-refractivity contribution in [2.24, 2.45) is 7.05 Å². The number of aryl methyl sites for hydroxylation is 1. The molecule has 0 radical (unpaired) electrons. The van der Waals surface area contributed by atoms with Crippen molar-refractivity contribution in [3.63, 3.8) is 0 Å². The van der Waals surface area contributed by atoms with E-state index in [-0.39, 0.29) is 5.41 Å². The summed E-state index contributed by atoms with van der Waals surface area (Å²) in [6.07, 6.45) is 5.35. The Morgan fingerprint density at radius 1 is 1.37 bits per heavy atom. The van der Waals surface area contributed by atoms with Crippen LogP contribution in [0.15, 0.2) is 17.1 Å². The number of ether oxygens (including phenoxy) is 1. The maximum absolute atomic E-state index is 5.05. The fourth-order valence-electron chi connectivity index (χ4n) is 2.38. The number of aromatic nitrogens is 3. The minimum atomic E-state index is -0.00296. The van der Waals surface area contributed by atoms with E-state index in [9.17, 15) is 0 Å². The summed E-state index contributed by atoms with van der Waals surface area (Å²) < 4.78 is 7.89. The SMILES string of the molecule is CO/C=C\c1c(C(C)(C)C)n(C)c2nc(Br)cnc12. The van der Waals surface area contributed by atoms with Gasteiger partial charge in [-0.1, -0.05) is 20.8 Å². The highest BCUT2D eigenvalue weighted by atomic mass is 79.9. The molecule has 2 aromatic heterocycles. The van der Waals surface area contributed by atoms with Gasteiger partial charge in [-0.15, -0.1) is 0 Å². The fourth-order valence-corrected chi connectivity index (χ4v) is 2.65. The number of hydrogen-bond donors (Lipinski definition) is 0. The summed E-state index contributed by atoms with van der Waals surface area (Å²) in [5.74, 6) is 0. The van der Waals surface area contributed by atoms with Gasteiger partial charge in [-0.2, -0.15) is 0 Å². The summed E-state index contributed by atoms with van der Waals surface area (Å²) >= 11 is 3.37. The topological polar surface area (TPSA) is 39.9 Å². The van der Waals surface area contributed by atoms with Crippen LogP contribution < -0.4 is 0 Å².